The van der Waals surface area contributed by atoms with Crippen molar-refractivity contribution in [3.63, 3.8) is 0 Å². The highest BCUT2D eigenvalue weighted by Crippen LogP contribution is 2.49. The SMILES string of the molecule is N=C(N=C(N)N)SC1CC2CCC1C2. The second-order valence-corrected chi connectivity index (χ2v) is 5.40. The Morgan fingerprint density at radius 3 is 2.57 bits per heavy atom. The van der Waals surface area contributed by atoms with Crippen LogP contribution in [0, 0.1) is 17.2 Å². The Balaban J connectivity index is 1.87. The molecule has 5 heteroatoms. The van der Waals surface area contributed by atoms with E-state index in [-0.39, 0.29) is 11.1 Å². The van der Waals surface area contributed by atoms with Crippen molar-refractivity contribution in [2.45, 2.75) is 30.9 Å². The fourth-order valence-corrected chi connectivity index (χ4v) is 3.87. The van der Waals surface area contributed by atoms with Crippen LogP contribution in [0.4, 0.5) is 0 Å². The molecule has 0 amide bonds. The molecule has 2 rings (SSSR count). The highest BCUT2D eigenvalue weighted by Gasteiger charge is 2.40. The summed E-state index contributed by atoms with van der Waals surface area (Å²) < 4.78 is 0. The number of hydrogen-bond donors (Lipinski definition) is 3. The Morgan fingerprint density at radius 1 is 1.29 bits per heavy atom. The summed E-state index contributed by atoms with van der Waals surface area (Å²) in [7, 11) is 0. The van der Waals surface area contributed by atoms with E-state index >= 15 is 0 Å². The number of thioether (sulfide) groups is 1. The minimum Gasteiger partial charge on any atom is -0.370 e. The van der Waals surface area contributed by atoms with Crippen LogP contribution in [-0.2, 0) is 0 Å². The third kappa shape index (κ3) is 2.03. The number of nitrogens with zero attached hydrogens (tertiary/aromatic N) is 1. The van der Waals surface area contributed by atoms with Crippen LogP contribution in [0.1, 0.15) is 25.7 Å². The van der Waals surface area contributed by atoms with E-state index in [0.29, 0.717) is 5.25 Å². The maximum absolute atomic E-state index is 7.58. The van der Waals surface area contributed by atoms with Gasteiger partial charge in [0.25, 0.3) is 0 Å². The highest BCUT2D eigenvalue weighted by atomic mass is 32.2. The maximum atomic E-state index is 7.58. The summed E-state index contributed by atoms with van der Waals surface area (Å²) in [4.78, 5) is 3.74. The molecule has 0 heterocycles. The molecule has 78 valence electrons. The number of amidine groups is 1. The predicted octanol–water partition coefficient (Wildman–Crippen LogP) is 1.12. The van der Waals surface area contributed by atoms with Crippen LogP contribution in [-0.4, -0.2) is 16.4 Å². The normalized spacial score (nSPS) is 34.4. The van der Waals surface area contributed by atoms with Crippen LogP contribution in [0.15, 0.2) is 4.99 Å². The monoisotopic (exact) mass is 212 g/mol. The predicted molar refractivity (Wildman–Crippen MR) is 60.4 cm³/mol. The fourth-order valence-electron chi connectivity index (χ4n) is 2.62. The molecule has 0 radical (unpaired) electrons. The van der Waals surface area contributed by atoms with Crippen molar-refractivity contribution in [2.75, 3.05) is 0 Å². The molecule has 0 aliphatic heterocycles. The molecule has 2 aliphatic rings. The zero-order valence-corrected chi connectivity index (χ0v) is 8.89. The third-order valence-electron chi connectivity index (χ3n) is 3.17. The molecule has 0 aromatic heterocycles. The molecule has 2 saturated carbocycles. The number of guanidine groups is 1. The van der Waals surface area contributed by atoms with E-state index in [0.717, 1.165) is 11.8 Å². The van der Waals surface area contributed by atoms with E-state index in [1.54, 1.807) is 0 Å². The quantitative estimate of drug-likeness (QED) is 0.449. The fraction of sp³-hybridized carbons (Fsp3) is 0.778. The first kappa shape index (κ1) is 9.83. The topological polar surface area (TPSA) is 88.2 Å². The van der Waals surface area contributed by atoms with Crippen molar-refractivity contribution in [1.29, 1.82) is 5.41 Å². The Hall–Kier alpha value is -0.710. The molecule has 3 atom stereocenters. The molecule has 0 saturated heterocycles. The molecular weight excluding hydrogens is 196 g/mol. The second kappa shape index (κ2) is 3.81. The van der Waals surface area contributed by atoms with Gasteiger partial charge in [-0.25, -0.2) is 0 Å². The highest BCUT2D eigenvalue weighted by molar-refractivity contribution is 8.14. The molecule has 4 nitrogen and oxygen atoms in total. The minimum absolute atomic E-state index is 0.00865. The van der Waals surface area contributed by atoms with E-state index in [4.69, 9.17) is 16.9 Å². The largest absolute Gasteiger partial charge is 0.370 e. The molecule has 0 spiro atoms. The number of hydrogen-bond acceptors (Lipinski definition) is 2. The average molecular weight is 212 g/mol. The lowest BCUT2D eigenvalue weighted by molar-refractivity contribution is 0.493. The van der Waals surface area contributed by atoms with Crippen LogP contribution in [0.2, 0.25) is 0 Å². The summed E-state index contributed by atoms with van der Waals surface area (Å²) in [5.74, 6) is 1.70. The van der Waals surface area contributed by atoms with Crippen LogP contribution >= 0.6 is 11.8 Å². The van der Waals surface area contributed by atoms with Gasteiger partial charge in [0.05, 0.1) is 0 Å². The number of nitrogens with two attached hydrogens (primary N) is 2. The molecule has 0 aromatic carbocycles. The zero-order chi connectivity index (χ0) is 10.1. The summed E-state index contributed by atoms with van der Waals surface area (Å²) >= 11 is 1.53. The summed E-state index contributed by atoms with van der Waals surface area (Å²) in [5.41, 5.74) is 10.4. The van der Waals surface area contributed by atoms with Gasteiger partial charge in [0.1, 0.15) is 0 Å². The summed E-state index contributed by atoms with van der Waals surface area (Å²) in [6, 6.07) is 0. The van der Waals surface area contributed by atoms with E-state index in [9.17, 15) is 0 Å². The second-order valence-electron chi connectivity index (χ2n) is 4.17. The standard InChI is InChI=1S/C9H16N4S/c10-8(11)13-9(12)14-7-4-5-1-2-6(7)3-5/h5-7H,1-4H2,(H5,10,11,12,13). The van der Waals surface area contributed by atoms with Gasteiger partial charge in [-0.3, -0.25) is 5.41 Å². The molecule has 14 heavy (non-hydrogen) atoms. The van der Waals surface area contributed by atoms with Crippen LogP contribution in [0.25, 0.3) is 0 Å². The van der Waals surface area contributed by atoms with E-state index in [2.05, 4.69) is 4.99 Å². The molecule has 0 aromatic rings. The van der Waals surface area contributed by atoms with Crippen molar-refractivity contribution < 1.29 is 0 Å². The lowest BCUT2D eigenvalue weighted by Gasteiger charge is -2.19. The maximum Gasteiger partial charge on any atom is 0.193 e. The van der Waals surface area contributed by atoms with Gasteiger partial charge in [-0.1, -0.05) is 18.2 Å². The Labute approximate surface area is 88.0 Å². The van der Waals surface area contributed by atoms with Crippen molar-refractivity contribution in [3.8, 4) is 0 Å². The van der Waals surface area contributed by atoms with Gasteiger partial charge in [0.2, 0.25) is 0 Å². The van der Waals surface area contributed by atoms with Gasteiger partial charge < -0.3 is 11.5 Å². The minimum atomic E-state index is -0.00865. The molecule has 5 N–H and O–H groups in total. The number of aliphatic imine (C=N–C) groups is 1. The van der Waals surface area contributed by atoms with Gasteiger partial charge in [-0.2, -0.15) is 4.99 Å². The molecular formula is C9H16N4S. The Morgan fingerprint density at radius 2 is 2.07 bits per heavy atom. The van der Waals surface area contributed by atoms with Crippen molar-refractivity contribution in [1.82, 2.24) is 0 Å². The Bertz CT molecular complexity index is 272. The smallest absolute Gasteiger partial charge is 0.193 e. The van der Waals surface area contributed by atoms with Crippen molar-refractivity contribution in [2.24, 2.45) is 28.3 Å². The first-order chi connectivity index (χ1) is 6.65. The lowest BCUT2D eigenvalue weighted by Crippen LogP contribution is -2.24. The van der Waals surface area contributed by atoms with E-state index in [1.165, 1.54) is 37.4 Å². The number of rotatable bonds is 1. The molecule has 2 aliphatic carbocycles. The van der Waals surface area contributed by atoms with Crippen LogP contribution < -0.4 is 11.5 Å². The van der Waals surface area contributed by atoms with Crippen molar-refractivity contribution in [3.05, 3.63) is 0 Å². The molecule has 2 fully saturated rings. The average Bonchev–Trinajstić information content (AvgIpc) is 2.62. The van der Waals surface area contributed by atoms with Crippen LogP contribution in [0.3, 0.4) is 0 Å². The van der Waals surface area contributed by atoms with Gasteiger partial charge in [-0.15, -0.1) is 0 Å². The summed E-state index contributed by atoms with van der Waals surface area (Å²) in [6.45, 7) is 0. The first-order valence-electron chi connectivity index (χ1n) is 5.00. The van der Waals surface area contributed by atoms with Gasteiger partial charge in [-0.05, 0) is 31.1 Å². The zero-order valence-electron chi connectivity index (χ0n) is 8.07. The van der Waals surface area contributed by atoms with E-state index in [1.807, 2.05) is 0 Å². The van der Waals surface area contributed by atoms with Crippen LogP contribution in [0.5, 0.6) is 0 Å². The van der Waals surface area contributed by atoms with E-state index < -0.39 is 0 Å². The van der Waals surface area contributed by atoms with Crippen molar-refractivity contribution >= 4 is 22.9 Å². The first-order valence-corrected chi connectivity index (χ1v) is 5.88. The van der Waals surface area contributed by atoms with Gasteiger partial charge in [0, 0.05) is 5.25 Å². The van der Waals surface area contributed by atoms with Gasteiger partial charge >= 0.3 is 0 Å². The van der Waals surface area contributed by atoms with Gasteiger partial charge in [0.15, 0.2) is 11.1 Å². The summed E-state index contributed by atoms with van der Waals surface area (Å²) in [6.07, 6.45) is 5.32. The molecule has 3 unspecified atom stereocenters. The number of nitrogens with one attached hydrogen (secondary N) is 1. The third-order valence-corrected chi connectivity index (χ3v) is 4.36. The molecule has 2 bridgehead atoms. The Kier molecular flexibility index (Phi) is 2.67. The lowest BCUT2D eigenvalue weighted by atomic mass is 10.0. The summed E-state index contributed by atoms with van der Waals surface area (Å²) in [5, 5.41) is 8.43. The number of fused-ring (bicyclic) bond motifs is 2.